The van der Waals surface area contributed by atoms with E-state index < -0.39 is 5.97 Å². The second kappa shape index (κ2) is 9.21. The molecule has 8 nitrogen and oxygen atoms in total. The smallest absolute Gasteiger partial charge is 0.344 e. The van der Waals surface area contributed by atoms with E-state index in [1.54, 1.807) is 60.9 Å². The first-order valence-electron chi connectivity index (χ1n) is 9.64. The summed E-state index contributed by atoms with van der Waals surface area (Å²) in [5, 5.41) is 2.80. The molecule has 8 heteroatoms. The van der Waals surface area contributed by atoms with Crippen molar-refractivity contribution in [3.8, 4) is 5.75 Å². The molecule has 0 unspecified atom stereocenters. The van der Waals surface area contributed by atoms with E-state index in [1.165, 1.54) is 0 Å². The molecule has 3 aromatic rings. The van der Waals surface area contributed by atoms with Gasteiger partial charge in [0, 0.05) is 23.9 Å². The number of hydrogen-bond donors (Lipinski definition) is 1. The van der Waals surface area contributed by atoms with Crippen LogP contribution in [0.3, 0.4) is 0 Å². The number of hydrogen-bond acceptors (Lipinski definition) is 6. The number of amides is 1. The molecule has 1 N–H and O–H groups in total. The molecule has 0 saturated carbocycles. The van der Waals surface area contributed by atoms with Gasteiger partial charge in [0.1, 0.15) is 11.4 Å². The number of nitrogens with zero attached hydrogens (tertiary/aromatic N) is 2. The molecular weight excluding hydrogens is 386 g/mol. The molecule has 0 saturated heterocycles. The fourth-order valence-corrected chi connectivity index (χ4v) is 3.04. The van der Waals surface area contributed by atoms with Gasteiger partial charge in [0.2, 0.25) is 0 Å². The lowest BCUT2D eigenvalue weighted by atomic mass is 10.1. The molecule has 0 aliphatic rings. The number of fused-ring (bicyclic) bond motifs is 1. The summed E-state index contributed by atoms with van der Waals surface area (Å²) in [6.45, 7) is 5.86. The molecule has 0 aliphatic carbocycles. The summed E-state index contributed by atoms with van der Waals surface area (Å²) in [4.78, 5) is 40.7. The van der Waals surface area contributed by atoms with Gasteiger partial charge in [-0.1, -0.05) is 6.07 Å². The van der Waals surface area contributed by atoms with Gasteiger partial charge in [0.15, 0.2) is 6.61 Å². The largest absolute Gasteiger partial charge is 0.482 e. The lowest BCUT2D eigenvalue weighted by molar-refractivity contribution is -0.145. The van der Waals surface area contributed by atoms with Gasteiger partial charge < -0.3 is 19.4 Å². The van der Waals surface area contributed by atoms with Crippen LogP contribution in [0, 0.1) is 6.92 Å². The molecule has 1 aromatic heterocycles. The monoisotopic (exact) mass is 409 g/mol. The number of carbonyl (C=O) groups excluding carboxylic acids is 2. The predicted octanol–water partition coefficient (Wildman–Crippen LogP) is 2.92. The number of rotatable bonds is 7. The van der Waals surface area contributed by atoms with Crippen molar-refractivity contribution >= 4 is 28.6 Å². The SMILES string of the molecule is CCOC(=O)COc1cccc(NC(=O)c2ccc3c(c2)nc(C)c(=O)n3CC)c1. The van der Waals surface area contributed by atoms with Gasteiger partial charge in [-0.15, -0.1) is 0 Å². The van der Waals surface area contributed by atoms with Crippen LogP contribution in [0.4, 0.5) is 5.69 Å². The zero-order chi connectivity index (χ0) is 21.7. The third kappa shape index (κ3) is 4.65. The van der Waals surface area contributed by atoms with Crippen LogP contribution in [0.15, 0.2) is 47.3 Å². The molecule has 1 amide bonds. The van der Waals surface area contributed by atoms with Gasteiger partial charge >= 0.3 is 5.97 Å². The van der Waals surface area contributed by atoms with Crippen molar-refractivity contribution in [1.29, 1.82) is 0 Å². The topological polar surface area (TPSA) is 99.5 Å². The molecule has 0 bridgehead atoms. The molecule has 0 fully saturated rings. The van der Waals surface area contributed by atoms with Crippen LogP contribution in [-0.2, 0) is 16.1 Å². The number of carbonyl (C=O) groups is 2. The van der Waals surface area contributed by atoms with E-state index in [0.29, 0.717) is 40.3 Å². The zero-order valence-corrected chi connectivity index (χ0v) is 17.1. The third-order valence-corrected chi connectivity index (χ3v) is 4.44. The van der Waals surface area contributed by atoms with Crippen molar-refractivity contribution in [2.75, 3.05) is 18.5 Å². The van der Waals surface area contributed by atoms with Crippen molar-refractivity contribution in [2.45, 2.75) is 27.3 Å². The first kappa shape index (κ1) is 21.0. The first-order valence-corrected chi connectivity index (χ1v) is 9.64. The number of nitrogens with one attached hydrogen (secondary N) is 1. The van der Waals surface area contributed by atoms with Gasteiger partial charge in [0.05, 0.1) is 17.6 Å². The summed E-state index contributed by atoms with van der Waals surface area (Å²) in [7, 11) is 0. The number of aromatic nitrogens is 2. The third-order valence-electron chi connectivity index (χ3n) is 4.44. The van der Waals surface area contributed by atoms with Crippen LogP contribution in [0.2, 0.25) is 0 Å². The quantitative estimate of drug-likeness (QED) is 0.603. The molecule has 156 valence electrons. The van der Waals surface area contributed by atoms with Crippen LogP contribution < -0.4 is 15.6 Å². The maximum atomic E-state index is 12.7. The number of benzene rings is 2. The number of aryl methyl sites for hydroxylation is 2. The highest BCUT2D eigenvalue weighted by Gasteiger charge is 2.12. The number of ether oxygens (including phenoxy) is 2. The summed E-state index contributed by atoms with van der Waals surface area (Å²) < 4.78 is 11.8. The zero-order valence-electron chi connectivity index (χ0n) is 17.1. The Morgan fingerprint density at radius 2 is 1.93 bits per heavy atom. The van der Waals surface area contributed by atoms with Crippen LogP contribution in [0.25, 0.3) is 11.0 Å². The lowest BCUT2D eigenvalue weighted by Crippen LogP contribution is -2.23. The van der Waals surface area contributed by atoms with Gasteiger partial charge in [-0.05, 0) is 51.1 Å². The minimum atomic E-state index is -0.462. The second-order valence-electron chi connectivity index (χ2n) is 6.53. The van der Waals surface area contributed by atoms with Crippen LogP contribution in [0.1, 0.15) is 29.9 Å². The van der Waals surface area contributed by atoms with Gasteiger partial charge in [0.25, 0.3) is 11.5 Å². The van der Waals surface area contributed by atoms with E-state index in [1.807, 2.05) is 6.92 Å². The fraction of sp³-hybridized carbons (Fsp3) is 0.273. The van der Waals surface area contributed by atoms with E-state index in [2.05, 4.69) is 10.3 Å². The molecule has 3 rings (SSSR count). The highest BCUT2D eigenvalue weighted by molar-refractivity contribution is 6.06. The standard InChI is InChI=1S/C22H23N3O5/c1-4-25-19-10-9-15(11-18(19)23-14(3)22(25)28)21(27)24-16-7-6-8-17(12-16)30-13-20(26)29-5-2/h6-12H,4-5,13H2,1-3H3,(H,24,27). The Morgan fingerprint density at radius 1 is 1.13 bits per heavy atom. The summed E-state index contributed by atoms with van der Waals surface area (Å²) in [5.74, 6) is -0.354. The molecule has 30 heavy (non-hydrogen) atoms. The summed E-state index contributed by atoms with van der Waals surface area (Å²) in [6.07, 6.45) is 0. The van der Waals surface area contributed by atoms with E-state index in [9.17, 15) is 14.4 Å². The van der Waals surface area contributed by atoms with Crippen molar-refractivity contribution in [3.05, 3.63) is 64.1 Å². The normalized spacial score (nSPS) is 10.6. The van der Waals surface area contributed by atoms with Gasteiger partial charge in [-0.25, -0.2) is 9.78 Å². The summed E-state index contributed by atoms with van der Waals surface area (Å²) in [5.41, 5.74) is 2.43. The molecule has 0 atom stereocenters. The fourth-order valence-electron chi connectivity index (χ4n) is 3.04. The average molecular weight is 409 g/mol. The number of anilines is 1. The van der Waals surface area contributed by atoms with E-state index in [4.69, 9.17) is 9.47 Å². The minimum Gasteiger partial charge on any atom is -0.482 e. The highest BCUT2D eigenvalue weighted by atomic mass is 16.6. The second-order valence-corrected chi connectivity index (χ2v) is 6.53. The van der Waals surface area contributed by atoms with Crippen molar-refractivity contribution < 1.29 is 19.1 Å². The average Bonchev–Trinajstić information content (AvgIpc) is 2.73. The molecule has 0 aliphatic heterocycles. The van der Waals surface area contributed by atoms with Crippen molar-refractivity contribution in [3.63, 3.8) is 0 Å². The first-order chi connectivity index (χ1) is 14.4. The lowest BCUT2D eigenvalue weighted by Gasteiger charge is -2.11. The maximum absolute atomic E-state index is 12.7. The van der Waals surface area contributed by atoms with E-state index in [0.717, 1.165) is 0 Å². The van der Waals surface area contributed by atoms with E-state index >= 15 is 0 Å². The van der Waals surface area contributed by atoms with E-state index in [-0.39, 0.29) is 24.7 Å². The Morgan fingerprint density at radius 3 is 2.67 bits per heavy atom. The highest BCUT2D eigenvalue weighted by Crippen LogP contribution is 2.19. The Bertz CT molecular complexity index is 1150. The van der Waals surface area contributed by atoms with Crippen LogP contribution >= 0.6 is 0 Å². The maximum Gasteiger partial charge on any atom is 0.344 e. The minimum absolute atomic E-state index is 0.137. The van der Waals surface area contributed by atoms with Crippen LogP contribution in [0.5, 0.6) is 5.75 Å². The van der Waals surface area contributed by atoms with Crippen molar-refractivity contribution in [2.24, 2.45) is 0 Å². The molecule has 0 radical (unpaired) electrons. The number of esters is 1. The predicted molar refractivity (Wildman–Crippen MR) is 113 cm³/mol. The molecule has 1 heterocycles. The molecule has 0 spiro atoms. The molecule has 2 aromatic carbocycles. The van der Waals surface area contributed by atoms with Gasteiger partial charge in [-0.2, -0.15) is 0 Å². The molecular formula is C22H23N3O5. The van der Waals surface area contributed by atoms with Gasteiger partial charge in [-0.3, -0.25) is 9.59 Å². The Kier molecular flexibility index (Phi) is 6.46. The van der Waals surface area contributed by atoms with Crippen LogP contribution in [-0.4, -0.2) is 34.6 Å². The summed E-state index contributed by atoms with van der Waals surface area (Å²) in [6, 6.07) is 11.8. The Hall–Kier alpha value is -3.68. The Labute approximate surface area is 173 Å². The Balaban J connectivity index is 1.78. The summed E-state index contributed by atoms with van der Waals surface area (Å²) >= 11 is 0. The van der Waals surface area contributed by atoms with Crippen molar-refractivity contribution in [1.82, 2.24) is 9.55 Å².